The normalized spacial score (nSPS) is 43.4. The summed E-state index contributed by atoms with van der Waals surface area (Å²) in [6.07, 6.45) is 14.6. The molecule has 4 nitrogen and oxygen atoms in total. The number of rotatable bonds is 2. The zero-order valence-corrected chi connectivity index (χ0v) is 16.1. The first-order valence-corrected chi connectivity index (χ1v) is 11.0. The minimum Gasteiger partial charge on any atom is -0.347 e. The molecule has 2 heterocycles. The second kappa shape index (κ2) is 5.57. The first kappa shape index (κ1) is 16.1. The molecule has 1 aromatic heterocycles. The van der Waals surface area contributed by atoms with Crippen LogP contribution < -0.4 is 0 Å². The fourth-order valence-electron chi connectivity index (χ4n) is 7.52. The van der Waals surface area contributed by atoms with Gasteiger partial charge in [-0.05, 0) is 75.2 Å². The highest BCUT2D eigenvalue weighted by molar-refractivity contribution is 5.26. The maximum absolute atomic E-state index is 6.51. The first-order valence-electron chi connectivity index (χ1n) is 11.0. The number of ether oxygens (including phenoxy) is 2. The van der Waals surface area contributed by atoms with Gasteiger partial charge in [-0.2, -0.15) is 5.10 Å². The molecule has 0 radical (unpaired) electrons. The third kappa shape index (κ3) is 2.37. The van der Waals surface area contributed by atoms with E-state index in [0.29, 0.717) is 12.0 Å². The Labute approximate surface area is 156 Å². The van der Waals surface area contributed by atoms with E-state index < -0.39 is 0 Å². The summed E-state index contributed by atoms with van der Waals surface area (Å²) in [4.78, 5) is 0. The van der Waals surface area contributed by atoms with Gasteiger partial charge in [-0.25, -0.2) is 0 Å². The van der Waals surface area contributed by atoms with Gasteiger partial charge in [0, 0.05) is 25.3 Å². The fraction of sp³-hybridized carbons (Fsp3) is 0.864. The lowest BCUT2D eigenvalue weighted by atomic mass is 9.49. The standard InChI is InChI=1S/C22H32N2O2/c1-24-18(19-14-25-22(26-19)5-3-2-4-6-22)10-20(23-24)21-11-15-7-16(12-21)9-17(8-15)13-21/h10,15-17,19H,2-9,11-14H2,1H3. The third-order valence-electron chi connectivity index (χ3n) is 8.30. The highest BCUT2D eigenvalue weighted by Gasteiger charge is 2.53. The maximum atomic E-state index is 6.51. The van der Waals surface area contributed by atoms with Gasteiger partial charge < -0.3 is 9.47 Å². The van der Waals surface area contributed by atoms with Crippen molar-refractivity contribution in [3.63, 3.8) is 0 Å². The van der Waals surface area contributed by atoms with Crippen LogP contribution in [0.25, 0.3) is 0 Å². The van der Waals surface area contributed by atoms with Gasteiger partial charge in [0.2, 0.25) is 0 Å². The lowest BCUT2D eigenvalue weighted by Crippen LogP contribution is -2.48. The smallest absolute Gasteiger partial charge is 0.169 e. The molecule has 5 aliphatic carbocycles. The molecular weight excluding hydrogens is 324 g/mol. The number of aryl methyl sites for hydroxylation is 1. The molecule has 5 saturated carbocycles. The molecule has 1 atom stereocenters. The van der Waals surface area contributed by atoms with Gasteiger partial charge in [0.25, 0.3) is 0 Å². The van der Waals surface area contributed by atoms with E-state index in [4.69, 9.17) is 14.6 Å². The second-order valence-electron chi connectivity index (χ2n) is 10.2. The van der Waals surface area contributed by atoms with E-state index in [-0.39, 0.29) is 11.9 Å². The Kier molecular flexibility index (Phi) is 3.45. The van der Waals surface area contributed by atoms with E-state index >= 15 is 0 Å². The van der Waals surface area contributed by atoms with Crippen molar-refractivity contribution in [2.24, 2.45) is 24.8 Å². The van der Waals surface area contributed by atoms with E-state index in [1.54, 1.807) is 0 Å². The van der Waals surface area contributed by atoms with Crippen molar-refractivity contribution < 1.29 is 9.47 Å². The molecule has 1 spiro atoms. The number of hydrogen-bond donors (Lipinski definition) is 0. The summed E-state index contributed by atoms with van der Waals surface area (Å²) in [6.45, 7) is 0.694. The molecule has 4 heteroatoms. The Morgan fingerprint density at radius 3 is 2.31 bits per heavy atom. The van der Waals surface area contributed by atoms with Gasteiger partial charge in [0.05, 0.1) is 18.0 Å². The molecular formula is C22H32N2O2. The van der Waals surface area contributed by atoms with Crippen LogP contribution in [-0.2, 0) is 21.9 Å². The zero-order valence-electron chi connectivity index (χ0n) is 16.1. The van der Waals surface area contributed by atoms with Gasteiger partial charge >= 0.3 is 0 Å². The molecule has 1 unspecified atom stereocenters. The highest BCUT2D eigenvalue weighted by atomic mass is 16.7. The van der Waals surface area contributed by atoms with Crippen molar-refractivity contribution in [2.45, 2.75) is 87.9 Å². The minimum absolute atomic E-state index is 0.0632. The lowest BCUT2D eigenvalue weighted by Gasteiger charge is -2.56. The quantitative estimate of drug-likeness (QED) is 0.775. The predicted molar refractivity (Wildman–Crippen MR) is 98.7 cm³/mol. The molecule has 1 saturated heterocycles. The Bertz CT molecular complexity index is 668. The van der Waals surface area contributed by atoms with E-state index in [2.05, 4.69) is 17.8 Å². The minimum atomic E-state index is -0.298. The average molecular weight is 357 g/mol. The van der Waals surface area contributed by atoms with Crippen LogP contribution in [0.3, 0.4) is 0 Å². The van der Waals surface area contributed by atoms with Gasteiger partial charge in [-0.1, -0.05) is 6.42 Å². The Hall–Kier alpha value is -0.870. The molecule has 6 aliphatic rings. The van der Waals surface area contributed by atoms with Crippen molar-refractivity contribution in [2.75, 3.05) is 6.61 Å². The summed E-state index contributed by atoms with van der Waals surface area (Å²) in [6, 6.07) is 2.39. The number of aromatic nitrogens is 2. The van der Waals surface area contributed by atoms with Crippen LogP contribution in [0.1, 0.15) is 88.1 Å². The van der Waals surface area contributed by atoms with Crippen molar-refractivity contribution in [3.8, 4) is 0 Å². The molecule has 0 aromatic carbocycles. The van der Waals surface area contributed by atoms with Crippen LogP contribution in [-0.4, -0.2) is 22.2 Å². The van der Waals surface area contributed by atoms with Crippen LogP contribution in [0.15, 0.2) is 6.07 Å². The SMILES string of the molecule is Cn1nc(C23CC4CC(CC(C4)C2)C3)cc1C1COC2(CCCCC2)O1. The van der Waals surface area contributed by atoms with E-state index in [0.717, 1.165) is 30.6 Å². The molecule has 6 fully saturated rings. The highest BCUT2D eigenvalue weighted by Crippen LogP contribution is 2.60. The van der Waals surface area contributed by atoms with Crippen LogP contribution in [0.5, 0.6) is 0 Å². The molecule has 0 N–H and O–H groups in total. The summed E-state index contributed by atoms with van der Waals surface area (Å²) in [5.74, 6) is 2.59. The van der Waals surface area contributed by atoms with Crippen molar-refractivity contribution in [1.29, 1.82) is 0 Å². The Morgan fingerprint density at radius 1 is 1.00 bits per heavy atom. The van der Waals surface area contributed by atoms with Gasteiger partial charge in [-0.3, -0.25) is 4.68 Å². The van der Waals surface area contributed by atoms with E-state index in [1.807, 2.05) is 0 Å². The molecule has 26 heavy (non-hydrogen) atoms. The average Bonchev–Trinajstić information content (AvgIpc) is 3.19. The van der Waals surface area contributed by atoms with Crippen LogP contribution >= 0.6 is 0 Å². The largest absolute Gasteiger partial charge is 0.347 e. The number of hydrogen-bond acceptors (Lipinski definition) is 3. The van der Waals surface area contributed by atoms with E-state index in [9.17, 15) is 0 Å². The third-order valence-corrected chi connectivity index (χ3v) is 8.30. The topological polar surface area (TPSA) is 36.3 Å². The van der Waals surface area contributed by atoms with Crippen molar-refractivity contribution in [1.82, 2.24) is 9.78 Å². The Morgan fingerprint density at radius 2 is 1.65 bits per heavy atom. The fourth-order valence-corrected chi connectivity index (χ4v) is 7.52. The maximum Gasteiger partial charge on any atom is 0.169 e. The summed E-state index contributed by atoms with van der Waals surface area (Å²) in [5.41, 5.74) is 2.97. The molecule has 0 amide bonds. The molecule has 142 valence electrons. The summed E-state index contributed by atoms with van der Waals surface area (Å²) >= 11 is 0. The van der Waals surface area contributed by atoms with Crippen LogP contribution in [0.4, 0.5) is 0 Å². The Balaban J connectivity index is 1.28. The summed E-state index contributed by atoms with van der Waals surface area (Å²) in [5, 5.41) is 5.06. The predicted octanol–water partition coefficient (Wildman–Crippen LogP) is 4.64. The molecule has 4 bridgehead atoms. The molecule has 7 rings (SSSR count). The first-order chi connectivity index (χ1) is 12.6. The zero-order chi connectivity index (χ0) is 17.4. The number of nitrogens with zero attached hydrogens (tertiary/aromatic N) is 2. The lowest BCUT2D eigenvalue weighted by molar-refractivity contribution is -0.188. The molecule has 1 aliphatic heterocycles. The van der Waals surface area contributed by atoms with Gasteiger partial charge in [-0.15, -0.1) is 0 Å². The van der Waals surface area contributed by atoms with E-state index in [1.165, 1.54) is 69.2 Å². The second-order valence-corrected chi connectivity index (χ2v) is 10.2. The molecule has 1 aromatic rings. The van der Waals surface area contributed by atoms with Gasteiger partial charge in [0.15, 0.2) is 5.79 Å². The van der Waals surface area contributed by atoms with Crippen LogP contribution in [0, 0.1) is 17.8 Å². The van der Waals surface area contributed by atoms with Crippen LogP contribution in [0.2, 0.25) is 0 Å². The summed E-state index contributed by atoms with van der Waals surface area (Å²) in [7, 11) is 2.11. The van der Waals surface area contributed by atoms with Crippen molar-refractivity contribution in [3.05, 3.63) is 17.5 Å². The monoisotopic (exact) mass is 356 g/mol. The summed E-state index contributed by atoms with van der Waals surface area (Å²) < 4.78 is 14.8. The van der Waals surface area contributed by atoms with Crippen molar-refractivity contribution >= 4 is 0 Å². The van der Waals surface area contributed by atoms with Gasteiger partial charge in [0.1, 0.15) is 6.10 Å².